The van der Waals surface area contributed by atoms with E-state index in [0.717, 1.165) is 0 Å². The van der Waals surface area contributed by atoms with E-state index < -0.39 is 48.6 Å². The van der Waals surface area contributed by atoms with Gasteiger partial charge in [-0.15, -0.1) is 0 Å². The van der Waals surface area contributed by atoms with Crippen LogP contribution in [0.1, 0.15) is 20.8 Å². The van der Waals surface area contributed by atoms with Crippen LogP contribution in [0.4, 0.5) is 0 Å². The molecular weight excluding hydrogens is 507 g/mol. The lowest BCUT2D eigenvalue weighted by Gasteiger charge is -2.43. The number of carbonyl (C=O) groups excluding carboxylic acids is 3. The van der Waals surface area contributed by atoms with Crippen molar-refractivity contribution in [3.8, 4) is 5.75 Å². The van der Waals surface area contributed by atoms with Crippen molar-refractivity contribution in [2.75, 3.05) is 4.43 Å². The average Bonchev–Trinajstić information content (AvgIpc) is 2.60. The Hall–Kier alpha value is -1.59. The molecule has 1 aromatic rings. The largest absolute Gasteiger partial charge is 0.461 e. The first kappa shape index (κ1) is 22.7. The SMILES string of the molecule is CC(=O)O[C@@H]1[C@@H](OC(C)=O)[C@H](Oc2ccc(Cl)cc2)O[C@@H](CI)[C@H]1OC(C)=O. The van der Waals surface area contributed by atoms with Crippen LogP contribution >= 0.6 is 34.2 Å². The predicted octanol–water partition coefficient (Wildman–Crippen LogP) is 2.67. The number of alkyl halides is 1. The van der Waals surface area contributed by atoms with Gasteiger partial charge in [0.1, 0.15) is 11.9 Å². The standard InChI is InChI=1S/C18H20ClIO8/c1-9(21)24-15-14(8-20)28-18(27-13-6-4-12(19)5-7-13)17(26-11(3)23)16(15)25-10(2)22/h4-7,14-18H,8H2,1-3H3/t14-,15+,16-,17+,18+/m0/s1. The molecule has 1 heterocycles. The van der Waals surface area contributed by atoms with E-state index in [1.165, 1.54) is 20.8 Å². The summed E-state index contributed by atoms with van der Waals surface area (Å²) in [5.74, 6) is -1.44. The van der Waals surface area contributed by atoms with Crippen LogP contribution in [-0.2, 0) is 33.3 Å². The number of esters is 3. The molecule has 1 aliphatic heterocycles. The summed E-state index contributed by atoms with van der Waals surface area (Å²) in [6, 6.07) is 6.49. The van der Waals surface area contributed by atoms with E-state index in [0.29, 0.717) is 15.2 Å². The minimum atomic E-state index is -1.15. The minimum Gasteiger partial charge on any atom is -0.461 e. The molecule has 1 fully saturated rings. The van der Waals surface area contributed by atoms with Gasteiger partial charge in [-0.2, -0.15) is 0 Å². The summed E-state index contributed by atoms with van der Waals surface area (Å²) in [5.41, 5.74) is 0. The maximum atomic E-state index is 11.7. The zero-order valence-corrected chi connectivity index (χ0v) is 18.3. The van der Waals surface area contributed by atoms with Crippen molar-refractivity contribution in [1.82, 2.24) is 0 Å². The Morgan fingerprint density at radius 1 is 0.929 bits per heavy atom. The van der Waals surface area contributed by atoms with E-state index in [1.807, 2.05) is 0 Å². The molecule has 8 nitrogen and oxygen atoms in total. The Bertz CT molecular complexity index is 710. The molecule has 0 amide bonds. The number of hydrogen-bond donors (Lipinski definition) is 0. The van der Waals surface area contributed by atoms with Crippen molar-refractivity contribution >= 4 is 52.1 Å². The fourth-order valence-corrected chi connectivity index (χ4v) is 3.56. The van der Waals surface area contributed by atoms with Crippen LogP contribution in [0.2, 0.25) is 5.02 Å². The van der Waals surface area contributed by atoms with Crippen molar-refractivity contribution in [2.45, 2.75) is 51.5 Å². The van der Waals surface area contributed by atoms with Gasteiger partial charge in [0.15, 0.2) is 12.2 Å². The van der Waals surface area contributed by atoms with Crippen LogP contribution in [0.25, 0.3) is 0 Å². The normalized spacial score (nSPS) is 26.8. The van der Waals surface area contributed by atoms with Gasteiger partial charge in [-0.1, -0.05) is 34.2 Å². The van der Waals surface area contributed by atoms with Crippen molar-refractivity contribution in [3.63, 3.8) is 0 Å². The van der Waals surface area contributed by atoms with Gasteiger partial charge in [0.2, 0.25) is 12.4 Å². The molecule has 10 heteroatoms. The van der Waals surface area contributed by atoms with Crippen molar-refractivity contribution in [2.24, 2.45) is 0 Å². The lowest BCUT2D eigenvalue weighted by Crippen LogP contribution is -2.63. The molecule has 5 atom stereocenters. The Kier molecular flexibility index (Phi) is 8.32. The third kappa shape index (κ3) is 6.21. The molecule has 0 aliphatic carbocycles. The highest BCUT2D eigenvalue weighted by molar-refractivity contribution is 14.1. The van der Waals surface area contributed by atoms with Gasteiger partial charge in [-0.3, -0.25) is 14.4 Å². The van der Waals surface area contributed by atoms with Crippen LogP contribution in [0.15, 0.2) is 24.3 Å². The molecule has 0 radical (unpaired) electrons. The molecule has 0 spiro atoms. The Morgan fingerprint density at radius 2 is 1.43 bits per heavy atom. The number of hydrogen-bond acceptors (Lipinski definition) is 8. The second-order valence-electron chi connectivity index (χ2n) is 5.99. The zero-order chi connectivity index (χ0) is 20.8. The molecule has 1 aromatic carbocycles. The summed E-state index contributed by atoms with van der Waals surface area (Å²) in [6.45, 7) is 3.64. The first-order valence-corrected chi connectivity index (χ1v) is 10.3. The molecule has 154 valence electrons. The Morgan fingerprint density at radius 3 is 1.93 bits per heavy atom. The topological polar surface area (TPSA) is 97.4 Å². The highest BCUT2D eigenvalue weighted by Gasteiger charge is 2.52. The number of benzene rings is 1. The second kappa shape index (κ2) is 10.3. The number of ether oxygens (including phenoxy) is 5. The Labute approximate surface area is 180 Å². The van der Waals surface area contributed by atoms with Crippen LogP contribution in [0.3, 0.4) is 0 Å². The second-order valence-corrected chi connectivity index (χ2v) is 7.31. The summed E-state index contributed by atoms with van der Waals surface area (Å²) in [6.07, 6.45) is -4.97. The van der Waals surface area contributed by atoms with Gasteiger partial charge in [0.05, 0.1) is 0 Å². The van der Waals surface area contributed by atoms with E-state index in [1.54, 1.807) is 24.3 Å². The van der Waals surface area contributed by atoms with Gasteiger partial charge in [-0.25, -0.2) is 0 Å². The third-order valence-electron chi connectivity index (χ3n) is 3.72. The van der Waals surface area contributed by atoms with E-state index in [4.69, 9.17) is 35.3 Å². The van der Waals surface area contributed by atoms with Gasteiger partial charge in [-0.05, 0) is 24.3 Å². The number of carbonyl (C=O) groups is 3. The first-order valence-electron chi connectivity index (χ1n) is 8.36. The van der Waals surface area contributed by atoms with Crippen LogP contribution in [0.5, 0.6) is 5.75 Å². The minimum absolute atomic E-state index is 0.404. The monoisotopic (exact) mass is 526 g/mol. The molecule has 28 heavy (non-hydrogen) atoms. The Balaban J connectivity index is 2.38. The summed E-state index contributed by atoms with van der Waals surface area (Å²) >= 11 is 7.94. The van der Waals surface area contributed by atoms with Gasteiger partial charge < -0.3 is 23.7 Å². The van der Waals surface area contributed by atoms with Crippen molar-refractivity contribution in [1.29, 1.82) is 0 Å². The molecular formula is C18H20ClIO8. The van der Waals surface area contributed by atoms with Gasteiger partial charge >= 0.3 is 17.9 Å². The lowest BCUT2D eigenvalue weighted by molar-refractivity contribution is -0.279. The first-order chi connectivity index (χ1) is 13.2. The quantitative estimate of drug-likeness (QED) is 0.242. The highest BCUT2D eigenvalue weighted by atomic mass is 127. The molecule has 0 bridgehead atoms. The predicted molar refractivity (Wildman–Crippen MR) is 106 cm³/mol. The highest BCUT2D eigenvalue weighted by Crippen LogP contribution is 2.31. The molecule has 0 N–H and O–H groups in total. The molecule has 0 unspecified atom stereocenters. The van der Waals surface area contributed by atoms with Gasteiger partial charge in [0.25, 0.3) is 0 Å². The maximum Gasteiger partial charge on any atom is 0.303 e. The van der Waals surface area contributed by atoms with Crippen LogP contribution in [0, 0.1) is 0 Å². The lowest BCUT2D eigenvalue weighted by atomic mass is 9.99. The maximum absolute atomic E-state index is 11.7. The summed E-state index contributed by atoms with van der Waals surface area (Å²) < 4.78 is 28.1. The summed E-state index contributed by atoms with van der Waals surface area (Å²) in [7, 11) is 0. The fraction of sp³-hybridized carbons (Fsp3) is 0.500. The van der Waals surface area contributed by atoms with E-state index in [2.05, 4.69) is 22.6 Å². The molecule has 1 saturated heterocycles. The smallest absolute Gasteiger partial charge is 0.303 e. The molecule has 1 aliphatic rings. The number of halogens is 2. The van der Waals surface area contributed by atoms with Crippen LogP contribution in [-0.4, -0.2) is 53.0 Å². The van der Waals surface area contributed by atoms with Crippen molar-refractivity contribution < 1.29 is 38.1 Å². The van der Waals surface area contributed by atoms with E-state index >= 15 is 0 Å². The summed E-state index contributed by atoms with van der Waals surface area (Å²) in [5, 5.41) is 0.520. The van der Waals surface area contributed by atoms with Crippen molar-refractivity contribution in [3.05, 3.63) is 29.3 Å². The van der Waals surface area contributed by atoms with Gasteiger partial charge in [0, 0.05) is 30.2 Å². The molecule has 2 rings (SSSR count). The molecule has 0 saturated carbocycles. The average molecular weight is 527 g/mol. The fourth-order valence-electron chi connectivity index (χ4n) is 2.72. The molecule has 0 aromatic heterocycles. The van der Waals surface area contributed by atoms with Crippen LogP contribution < -0.4 is 4.74 Å². The number of rotatable bonds is 6. The zero-order valence-electron chi connectivity index (χ0n) is 15.4. The van der Waals surface area contributed by atoms with E-state index in [-0.39, 0.29) is 0 Å². The third-order valence-corrected chi connectivity index (χ3v) is 4.84. The summed E-state index contributed by atoms with van der Waals surface area (Å²) in [4.78, 5) is 34.9. The van der Waals surface area contributed by atoms with E-state index in [9.17, 15) is 14.4 Å².